The Morgan fingerprint density at radius 1 is 1.30 bits per heavy atom. The van der Waals surface area contributed by atoms with E-state index in [4.69, 9.17) is 5.26 Å². The van der Waals surface area contributed by atoms with E-state index in [1.54, 1.807) is 31.2 Å². The van der Waals surface area contributed by atoms with Crippen molar-refractivity contribution < 1.29 is 13.2 Å². The van der Waals surface area contributed by atoms with Gasteiger partial charge in [-0.25, -0.2) is 4.98 Å². The fourth-order valence-corrected chi connectivity index (χ4v) is 2.99. The maximum Gasteiger partial charge on any atom is 0.452 e. The van der Waals surface area contributed by atoms with Gasteiger partial charge in [0.2, 0.25) is 5.82 Å². The van der Waals surface area contributed by atoms with Crippen molar-refractivity contribution in [2.45, 2.75) is 18.1 Å². The highest BCUT2D eigenvalue weighted by molar-refractivity contribution is 7.99. The summed E-state index contributed by atoms with van der Waals surface area (Å²) in [6.07, 6.45) is -4.62. The topological polar surface area (TPSA) is 66.9 Å². The lowest BCUT2D eigenvalue weighted by Gasteiger charge is -2.09. The van der Waals surface area contributed by atoms with Gasteiger partial charge in [-0.15, -0.1) is 22.0 Å². The Balaban J connectivity index is 2.25. The van der Waals surface area contributed by atoms with Crippen LogP contribution in [0, 0.1) is 17.2 Å². The Hall–Kier alpha value is -2.34. The van der Waals surface area contributed by atoms with Crippen LogP contribution < -0.4 is 0 Å². The zero-order valence-corrected chi connectivity index (χ0v) is 12.7. The largest absolute Gasteiger partial charge is 0.452 e. The summed E-state index contributed by atoms with van der Waals surface area (Å²) in [6.45, 7) is 1.73. The molecule has 3 rings (SSSR count). The molecule has 0 N–H and O–H groups in total. The van der Waals surface area contributed by atoms with Crippen molar-refractivity contribution in [1.82, 2.24) is 19.6 Å². The highest BCUT2D eigenvalue weighted by Gasteiger charge is 2.38. The zero-order chi connectivity index (χ0) is 16.6. The van der Waals surface area contributed by atoms with E-state index in [9.17, 15) is 13.2 Å². The highest BCUT2D eigenvalue weighted by Crippen LogP contribution is 2.33. The number of nitrogens with zero attached hydrogens (tertiary/aromatic N) is 5. The number of halogens is 3. The molecule has 1 aromatic carbocycles. The van der Waals surface area contributed by atoms with Gasteiger partial charge < -0.3 is 0 Å². The summed E-state index contributed by atoms with van der Waals surface area (Å²) in [5.41, 5.74) is 0.751. The van der Waals surface area contributed by atoms with E-state index < -0.39 is 12.0 Å². The normalized spacial score (nSPS) is 13.3. The Morgan fingerprint density at radius 2 is 2.04 bits per heavy atom. The van der Waals surface area contributed by atoms with Crippen molar-refractivity contribution in [3.05, 3.63) is 30.1 Å². The van der Waals surface area contributed by atoms with E-state index in [0.717, 1.165) is 4.40 Å². The van der Waals surface area contributed by atoms with Gasteiger partial charge in [0, 0.05) is 5.75 Å². The summed E-state index contributed by atoms with van der Waals surface area (Å²) in [5.74, 6) is -0.925. The molecule has 0 radical (unpaired) electrons. The lowest BCUT2D eigenvalue weighted by molar-refractivity contribution is -0.145. The molecular formula is C14H10F3N5S. The Morgan fingerprint density at radius 3 is 2.74 bits per heavy atom. The second-order valence-corrected chi connectivity index (χ2v) is 5.94. The Kier molecular flexibility index (Phi) is 3.85. The van der Waals surface area contributed by atoms with Gasteiger partial charge in [0.25, 0.3) is 0 Å². The predicted octanol–water partition coefficient (Wildman–Crippen LogP) is 3.55. The molecule has 0 spiro atoms. The first-order chi connectivity index (χ1) is 10.9. The van der Waals surface area contributed by atoms with Crippen LogP contribution >= 0.6 is 11.8 Å². The van der Waals surface area contributed by atoms with Gasteiger partial charge >= 0.3 is 6.18 Å². The molecule has 2 heterocycles. The number of thioether (sulfide) groups is 1. The van der Waals surface area contributed by atoms with Crippen LogP contribution in [0.4, 0.5) is 13.2 Å². The average molecular weight is 337 g/mol. The standard InChI is InChI=1S/C14H10F3N5S/c1-8(6-18)7-23-12-11-20-21-13(14(15,16)17)22(11)10-5-3-2-4-9(10)19-12/h2-5,8H,7H2,1H3. The van der Waals surface area contributed by atoms with E-state index >= 15 is 0 Å². The SMILES string of the molecule is CC(C#N)CSc1nc2ccccc2n2c(C(F)(F)F)nnc12. The van der Waals surface area contributed by atoms with Crippen molar-refractivity contribution in [3.63, 3.8) is 0 Å². The molecule has 3 aromatic rings. The number of benzene rings is 1. The molecule has 1 unspecified atom stereocenters. The minimum Gasteiger partial charge on any atom is -0.267 e. The zero-order valence-electron chi connectivity index (χ0n) is 11.9. The van der Waals surface area contributed by atoms with Gasteiger partial charge in [0.15, 0.2) is 5.65 Å². The van der Waals surface area contributed by atoms with E-state index in [0.29, 0.717) is 16.3 Å². The molecule has 5 nitrogen and oxygen atoms in total. The third-order valence-electron chi connectivity index (χ3n) is 3.14. The fourth-order valence-electron chi connectivity index (χ4n) is 2.08. The summed E-state index contributed by atoms with van der Waals surface area (Å²) in [6, 6.07) is 8.58. The molecule has 9 heteroatoms. The monoisotopic (exact) mass is 337 g/mol. The number of para-hydroxylation sites is 2. The van der Waals surface area contributed by atoms with Gasteiger partial charge in [-0.05, 0) is 19.1 Å². The van der Waals surface area contributed by atoms with Crippen molar-refractivity contribution in [3.8, 4) is 6.07 Å². The van der Waals surface area contributed by atoms with Crippen LogP contribution in [0.25, 0.3) is 16.7 Å². The molecule has 0 bridgehead atoms. The predicted molar refractivity (Wildman–Crippen MR) is 78.8 cm³/mol. The molecule has 0 saturated carbocycles. The second-order valence-electron chi connectivity index (χ2n) is 4.93. The fraction of sp³-hybridized carbons (Fsp3) is 0.286. The molecule has 1 atom stereocenters. The second kappa shape index (κ2) is 5.70. The van der Waals surface area contributed by atoms with Gasteiger partial charge in [0.1, 0.15) is 5.03 Å². The van der Waals surface area contributed by atoms with Gasteiger partial charge in [-0.1, -0.05) is 12.1 Å². The summed E-state index contributed by atoms with van der Waals surface area (Å²) in [7, 11) is 0. The first-order valence-electron chi connectivity index (χ1n) is 6.65. The number of alkyl halides is 3. The first kappa shape index (κ1) is 15.6. The molecule has 0 amide bonds. The van der Waals surface area contributed by atoms with E-state index in [1.807, 2.05) is 0 Å². The molecule has 0 fully saturated rings. The van der Waals surface area contributed by atoms with Gasteiger partial charge in [-0.2, -0.15) is 18.4 Å². The molecule has 0 aliphatic rings. The molecule has 0 saturated heterocycles. The quantitative estimate of drug-likeness (QED) is 0.684. The van der Waals surface area contributed by atoms with Crippen LogP contribution in [0.1, 0.15) is 12.7 Å². The van der Waals surface area contributed by atoms with E-state index in [2.05, 4.69) is 21.3 Å². The van der Waals surface area contributed by atoms with E-state index in [-0.39, 0.29) is 17.1 Å². The van der Waals surface area contributed by atoms with Crippen molar-refractivity contribution in [1.29, 1.82) is 5.26 Å². The molecule has 118 valence electrons. The van der Waals surface area contributed by atoms with Crippen LogP contribution in [0.2, 0.25) is 0 Å². The molecule has 23 heavy (non-hydrogen) atoms. The summed E-state index contributed by atoms with van der Waals surface area (Å²) >= 11 is 1.20. The first-order valence-corrected chi connectivity index (χ1v) is 7.64. The highest BCUT2D eigenvalue weighted by atomic mass is 32.2. The average Bonchev–Trinajstić information content (AvgIpc) is 2.97. The summed E-state index contributed by atoms with van der Waals surface area (Å²) < 4.78 is 40.5. The maximum absolute atomic E-state index is 13.2. The number of nitriles is 1. The van der Waals surface area contributed by atoms with Crippen molar-refractivity contribution in [2.75, 3.05) is 5.75 Å². The number of hydrogen-bond donors (Lipinski definition) is 0. The number of hydrogen-bond acceptors (Lipinski definition) is 5. The maximum atomic E-state index is 13.2. The smallest absolute Gasteiger partial charge is 0.267 e. The number of fused-ring (bicyclic) bond motifs is 3. The van der Waals surface area contributed by atoms with Crippen molar-refractivity contribution in [2.24, 2.45) is 5.92 Å². The Labute approximate surface area is 133 Å². The van der Waals surface area contributed by atoms with Crippen LogP contribution in [0.3, 0.4) is 0 Å². The van der Waals surface area contributed by atoms with Crippen LogP contribution in [0.15, 0.2) is 29.3 Å². The third-order valence-corrected chi connectivity index (χ3v) is 4.36. The number of aromatic nitrogens is 4. The Bertz CT molecular complexity index is 912. The minimum atomic E-state index is -4.62. The van der Waals surface area contributed by atoms with Crippen LogP contribution in [-0.4, -0.2) is 25.3 Å². The third kappa shape index (κ3) is 2.82. The molecule has 0 aliphatic heterocycles. The molecule has 2 aromatic heterocycles. The lowest BCUT2D eigenvalue weighted by atomic mass is 10.3. The van der Waals surface area contributed by atoms with Crippen LogP contribution in [0.5, 0.6) is 0 Å². The molecular weight excluding hydrogens is 327 g/mol. The molecule has 0 aliphatic carbocycles. The summed E-state index contributed by atoms with van der Waals surface area (Å²) in [5, 5.41) is 16.1. The van der Waals surface area contributed by atoms with Gasteiger partial charge in [-0.3, -0.25) is 4.40 Å². The van der Waals surface area contributed by atoms with Crippen LogP contribution in [-0.2, 0) is 6.18 Å². The lowest BCUT2D eigenvalue weighted by Crippen LogP contribution is -2.11. The summed E-state index contributed by atoms with van der Waals surface area (Å²) in [4.78, 5) is 4.37. The number of rotatable bonds is 3. The van der Waals surface area contributed by atoms with Crippen molar-refractivity contribution >= 4 is 28.4 Å². The van der Waals surface area contributed by atoms with Gasteiger partial charge in [0.05, 0.1) is 23.0 Å². The van der Waals surface area contributed by atoms with E-state index in [1.165, 1.54) is 11.8 Å². The minimum absolute atomic E-state index is 0.0474.